The van der Waals surface area contributed by atoms with Gasteiger partial charge in [0.15, 0.2) is 0 Å². The lowest BCUT2D eigenvalue weighted by atomic mass is 9.87. The molecule has 154 valence electrons. The number of likely N-dealkylation sites (tertiary alicyclic amines) is 1. The van der Waals surface area contributed by atoms with E-state index in [-0.39, 0.29) is 0 Å². The maximum atomic E-state index is 14.7. The summed E-state index contributed by atoms with van der Waals surface area (Å²) in [4.78, 5) is 13.3. The zero-order valence-electron chi connectivity index (χ0n) is 17.3. The second-order valence-electron chi connectivity index (χ2n) is 9.29. The van der Waals surface area contributed by atoms with Crippen molar-refractivity contribution in [1.82, 2.24) is 4.90 Å². The van der Waals surface area contributed by atoms with Crippen molar-refractivity contribution in [2.45, 2.75) is 58.5 Å². The van der Waals surface area contributed by atoms with E-state index in [1.807, 2.05) is 18.2 Å². The van der Waals surface area contributed by atoms with Gasteiger partial charge in [0.05, 0.1) is 6.54 Å². The number of hydrogen-bond donors (Lipinski definition) is 0. The average molecular weight is 392 g/mol. The van der Waals surface area contributed by atoms with Gasteiger partial charge in [-0.05, 0) is 64.4 Å². The van der Waals surface area contributed by atoms with Crippen molar-refractivity contribution in [3.05, 3.63) is 41.5 Å². The summed E-state index contributed by atoms with van der Waals surface area (Å²) in [6, 6.07) is 10.1. The third-order valence-corrected chi connectivity index (χ3v) is 5.69. The third-order valence-electron chi connectivity index (χ3n) is 5.69. The smallest absolute Gasteiger partial charge is 0.410 e. The van der Waals surface area contributed by atoms with Gasteiger partial charge >= 0.3 is 6.09 Å². The lowest BCUT2D eigenvalue weighted by molar-refractivity contribution is -0.114. The van der Waals surface area contributed by atoms with Gasteiger partial charge in [0.2, 0.25) is 0 Å². The first-order chi connectivity index (χ1) is 13.0. The van der Waals surface area contributed by atoms with Crippen LogP contribution in [0.5, 0.6) is 0 Å². The van der Waals surface area contributed by atoms with Crippen molar-refractivity contribution in [2.24, 2.45) is 17.8 Å². The fourth-order valence-corrected chi connectivity index (χ4v) is 4.11. The van der Waals surface area contributed by atoms with Crippen molar-refractivity contribution < 1.29 is 18.3 Å². The van der Waals surface area contributed by atoms with Gasteiger partial charge < -0.3 is 9.64 Å². The summed E-state index contributed by atoms with van der Waals surface area (Å²) < 4.78 is 34.7. The Kier molecular flexibility index (Phi) is 5.83. The number of amides is 1. The van der Waals surface area contributed by atoms with E-state index in [4.69, 9.17) is 4.74 Å². The van der Waals surface area contributed by atoms with Crippen LogP contribution in [0.2, 0.25) is 0 Å². The highest BCUT2D eigenvalue weighted by Gasteiger charge is 2.50. The average Bonchev–Trinajstić information content (AvgIpc) is 3.35. The Bertz CT molecular complexity index is 724. The van der Waals surface area contributed by atoms with Crippen LogP contribution in [0.3, 0.4) is 0 Å². The van der Waals surface area contributed by atoms with Crippen molar-refractivity contribution in [1.29, 1.82) is 0 Å². The van der Waals surface area contributed by atoms with E-state index in [0.29, 0.717) is 31.2 Å². The van der Waals surface area contributed by atoms with Gasteiger partial charge in [-0.3, -0.25) is 0 Å². The number of carbonyl (C=O) groups is 1. The normalized spacial score (nSPS) is 27.4. The van der Waals surface area contributed by atoms with Crippen LogP contribution in [0.15, 0.2) is 35.9 Å². The van der Waals surface area contributed by atoms with Crippen LogP contribution in [-0.4, -0.2) is 35.6 Å². The Morgan fingerprint density at radius 3 is 2.57 bits per heavy atom. The number of nitrogens with zero attached hydrogens (tertiary/aromatic N) is 1. The lowest BCUT2D eigenvalue weighted by Crippen LogP contribution is -2.52. The molecule has 2 aliphatic rings. The molecule has 1 heterocycles. The third kappa shape index (κ3) is 5.33. The first-order valence-electron chi connectivity index (χ1n) is 10.1. The fraction of sp³-hybridized carbons (Fsp3) is 0.609. The summed E-state index contributed by atoms with van der Waals surface area (Å²) in [5.74, 6) is -2.80. The number of hydrogen-bond acceptors (Lipinski definition) is 2. The Morgan fingerprint density at radius 1 is 1.29 bits per heavy atom. The molecule has 1 saturated heterocycles. The zero-order valence-corrected chi connectivity index (χ0v) is 17.3. The predicted molar refractivity (Wildman–Crippen MR) is 107 cm³/mol. The van der Waals surface area contributed by atoms with Gasteiger partial charge in [-0.1, -0.05) is 42.0 Å². The standard InChI is InChI=1S/C23H31F2NO2/c1-16(12-17-8-6-5-7-9-17)20-14-18(20)13-19-10-11-26(15-23(19,24)25)21(27)28-22(2,3)4/h5-9,12,18-20H,10-11,13-15H2,1-4H3/b16-12+. The molecule has 0 bridgehead atoms. The van der Waals surface area contributed by atoms with Crippen LogP contribution in [0, 0.1) is 17.8 Å². The summed E-state index contributed by atoms with van der Waals surface area (Å²) in [7, 11) is 0. The van der Waals surface area contributed by atoms with Crippen molar-refractivity contribution in [2.75, 3.05) is 13.1 Å². The maximum absolute atomic E-state index is 14.7. The summed E-state index contributed by atoms with van der Waals surface area (Å²) in [6.07, 6.45) is 3.36. The Balaban J connectivity index is 1.54. The second kappa shape index (κ2) is 7.84. The molecule has 0 radical (unpaired) electrons. The number of carbonyl (C=O) groups excluding carboxylic acids is 1. The number of rotatable bonds is 4. The van der Waals surface area contributed by atoms with Gasteiger partial charge in [-0.15, -0.1) is 0 Å². The predicted octanol–water partition coefficient (Wildman–Crippen LogP) is 6.01. The van der Waals surface area contributed by atoms with E-state index in [9.17, 15) is 13.6 Å². The quantitative estimate of drug-likeness (QED) is 0.629. The van der Waals surface area contributed by atoms with Crippen molar-refractivity contribution in [3.8, 4) is 0 Å². The maximum Gasteiger partial charge on any atom is 0.410 e. The fourth-order valence-electron chi connectivity index (χ4n) is 4.11. The number of piperidine rings is 1. The molecule has 1 aromatic carbocycles. The molecule has 1 aromatic rings. The largest absolute Gasteiger partial charge is 0.444 e. The van der Waals surface area contributed by atoms with E-state index in [1.165, 1.54) is 5.57 Å². The number of allylic oxidation sites excluding steroid dienone is 1. The molecule has 3 unspecified atom stereocenters. The first kappa shape index (κ1) is 20.8. The van der Waals surface area contributed by atoms with Crippen molar-refractivity contribution >= 4 is 12.2 Å². The lowest BCUT2D eigenvalue weighted by Gasteiger charge is -2.39. The molecule has 0 aromatic heterocycles. The number of ether oxygens (including phenoxy) is 1. The van der Waals surface area contributed by atoms with Gasteiger partial charge in [0.1, 0.15) is 5.60 Å². The van der Waals surface area contributed by atoms with E-state index >= 15 is 0 Å². The van der Waals surface area contributed by atoms with Crippen LogP contribution < -0.4 is 0 Å². The van der Waals surface area contributed by atoms with Crippen molar-refractivity contribution in [3.63, 3.8) is 0 Å². The SMILES string of the molecule is C/C(=C\c1ccccc1)C1CC1CC1CCN(C(=O)OC(C)(C)C)CC1(F)F. The Hall–Kier alpha value is -1.91. The molecule has 1 saturated carbocycles. The highest BCUT2D eigenvalue weighted by molar-refractivity contribution is 5.68. The van der Waals surface area contributed by atoms with Crippen LogP contribution in [0.4, 0.5) is 13.6 Å². The molecular formula is C23H31F2NO2. The molecule has 3 rings (SSSR count). The molecule has 1 aliphatic carbocycles. The Labute approximate surface area is 166 Å². The van der Waals surface area contributed by atoms with E-state index in [2.05, 4.69) is 25.1 Å². The highest BCUT2D eigenvalue weighted by Crippen LogP contribution is 2.51. The molecule has 5 heteroatoms. The van der Waals surface area contributed by atoms with E-state index < -0.39 is 30.1 Å². The van der Waals surface area contributed by atoms with Gasteiger partial charge in [0.25, 0.3) is 5.92 Å². The molecule has 0 N–H and O–H groups in total. The Morgan fingerprint density at radius 2 is 1.96 bits per heavy atom. The molecule has 1 amide bonds. The summed E-state index contributed by atoms with van der Waals surface area (Å²) in [5.41, 5.74) is 1.75. The van der Waals surface area contributed by atoms with E-state index in [0.717, 1.165) is 16.9 Å². The molecule has 28 heavy (non-hydrogen) atoms. The minimum atomic E-state index is -2.86. The molecule has 2 fully saturated rings. The minimum absolute atomic E-state index is 0.323. The van der Waals surface area contributed by atoms with Gasteiger partial charge in [0, 0.05) is 12.5 Å². The van der Waals surface area contributed by atoms with Crippen LogP contribution in [-0.2, 0) is 4.74 Å². The first-order valence-corrected chi connectivity index (χ1v) is 10.1. The van der Waals surface area contributed by atoms with Gasteiger partial charge in [-0.25, -0.2) is 13.6 Å². The molecule has 3 atom stereocenters. The van der Waals surface area contributed by atoms with Crippen LogP contribution in [0.25, 0.3) is 6.08 Å². The number of benzene rings is 1. The monoisotopic (exact) mass is 391 g/mol. The zero-order chi connectivity index (χ0) is 20.5. The van der Waals surface area contributed by atoms with Crippen LogP contribution in [0.1, 0.15) is 52.5 Å². The van der Waals surface area contributed by atoms with Crippen LogP contribution >= 0.6 is 0 Å². The molecular weight excluding hydrogens is 360 g/mol. The summed E-state index contributed by atoms with van der Waals surface area (Å²) in [6.45, 7) is 7.13. The number of alkyl halides is 2. The molecule has 1 aliphatic heterocycles. The molecule has 3 nitrogen and oxygen atoms in total. The minimum Gasteiger partial charge on any atom is -0.444 e. The summed E-state index contributed by atoms with van der Waals surface area (Å²) in [5, 5.41) is 0. The molecule has 0 spiro atoms. The number of halogens is 2. The summed E-state index contributed by atoms with van der Waals surface area (Å²) >= 11 is 0. The van der Waals surface area contributed by atoms with E-state index in [1.54, 1.807) is 20.8 Å². The topological polar surface area (TPSA) is 29.5 Å². The highest BCUT2D eigenvalue weighted by atomic mass is 19.3. The second-order valence-corrected chi connectivity index (χ2v) is 9.29. The van der Waals surface area contributed by atoms with Gasteiger partial charge in [-0.2, -0.15) is 0 Å².